The highest BCUT2D eigenvalue weighted by molar-refractivity contribution is 7.92. The minimum Gasteiger partial charge on any atom is -0.354 e. The van der Waals surface area contributed by atoms with Crippen LogP contribution >= 0.6 is 23.2 Å². The van der Waals surface area contributed by atoms with Crippen LogP contribution < -0.4 is 9.62 Å². The first kappa shape index (κ1) is 29.5. The molecule has 0 aliphatic carbocycles. The number of carbonyl (C=O) groups excluding carboxylic acids is 2. The summed E-state index contributed by atoms with van der Waals surface area (Å²) in [6.07, 6.45) is 1.97. The standard InChI is InChI=1S/C28H31Cl2N3O4S/c1-3-17-31-28(35)26(18-21-11-6-4-7-12-21)32(19-23-24(29)15-10-16-25(23)30)27(34)20-33(38(2,36)37)22-13-8-5-9-14-22/h4-16,26H,3,17-20H2,1-2H3,(H,31,35). The molecule has 0 saturated heterocycles. The molecule has 7 nitrogen and oxygen atoms in total. The van der Waals surface area contributed by atoms with Crippen molar-refractivity contribution in [3.63, 3.8) is 0 Å². The van der Waals surface area contributed by atoms with Gasteiger partial charge in [-0.25, -0.2) is 8.42 Å². The van der Waals surface area contributed by atoms with Gasteiger partial charge >= 0.3 is 0 Å². The molecule has 38 heavy (non-hydrogen) atoms. The Labute approximate surface area is 234 Å². The highest BCUT2D eigenvalue weighted by Gasteiger charge is 2.33. The molecule has 1 atom stereocenters. The topological polar surface area (TPSA) is 86.8 Å². The lowest BCUT2D eigenvalue weighted by molar-refractivity contribution is -0.140. The van der Waals surface area contributed by atoms with Crippen LogP contribution in [0.5, 0.6) is 0 Å². The first-order valence-electron chi connectivity index (χ1n) is 12.2. The maximum Gasteiger partial charge on any atom is 0.244 e. The van der Waals surface area contributed by atoms with Gasteiger partial charge in [-0.05, 0) is 36.2 Å². The molecule has 0 aliphatic heterocycles. The van der Waals surface area contributed by atoms with Crippen molar-refractivity contribution in [1.82, 2.24) is 10.2 Å². The largest absolute Gasteiger partial charge is 0.354 e. The number of rotatable bonds is 12. The molecule has 1 N–H and O–H groups in total. The van der Waals surface area contributed by atoms with Crippen LogP contribution in [0, 0.1) is 0 Å². The van der Waals surface area contributed by atoms with Gasteiger partial charge in [-0.15, -0.1) is 0 Å². The first-order chi connectivity index (χ1) is 18.1. The highest BCUT2D eigenvalue weighted by Crippen LogP contribution is 2.28. The van der Waals surface area contributed by atoms with Crippen molar-refractivity contribution < 1.29 is 18.0 Å². The van der Waals surface area contributed by atoms with Gasteiger partial charge in [-0.2, -0.15) is 0 Å². The number of hydrogen-bond donors (Lipinski definition) is 1. The van der Waals surface area contributed by atoms with Gasteiger partial charge in [0.1, 0.15) is 12.6 Å². The molecule has 202 valence electrons. The summed E-state index contributed by atoms with van der Waals surface area (Å²) in [5.74, 6) is -0.916. The molecule has 0 fully saturated rings. The van der Waals surface area contributed by atoms with E-state index in [0.717, 1.165) is 16.1 Å². The molecule has 3 aromatic rings. The quantitative estimate of drug-likeness (QED) is 0.332. The number of nitrogens with zero attached hydrogens (tertiary/aromatic N) is 2. The monoisotopic (exact) mass is 575 g/mol. The number of carbonyl (C=O) groups is 2. The van der Waals surface area contributed by atoms with Crippen molar-refractivity contribution in [1.29, 1.82) is 0 Å². The van der Waals surface area contributed by atoms with E-state index >= 15 is 0 Å². The van der Waals surface area contributed by atoms with E-state index in [1.165, 1.54) is 4.90 Å². The second-order valence-electron chi connectivity index (χ2n) is 8.82. The Hall–Kier alpha value is -3.07. The minimum atomic E-state index is -3.82. The molecule has 3 rings (SSSR count). The lowest BCUT2D eigenvalue weighted by Gasteiger charge is -2.34. The lowest BCUT2D eigenvalue weighted by atomic mass is 10.0. The maximum atomic E-state index is 14.0. The summed E-state index contributed by atoms with van der Waals surface area (Å²) < 4.78 is 26.5. The molecule has 0 aromatic heterocycles. The number of para-hydroxylation sites is 1. The van der Waals surface area contributed by atoms with E-state index < -0.39 is 28.5 Å². The third kappa shape index (κ3) is 7.96. The first-order valence-corrected chi connectivity index (χ1v) is 14.8. The van der Waals surface area contributed by atoms with Gasteiger partial charge in [0.15, 0.2) is 0 Å². The Morgan fingerprint density at radius 3 is 2.03 bits per heavy atom. The van der Waals surface area contributed by atoms with Crippen molar-refractivity contribution in [3.05, 3.63) is 100 Å². The summed E-state index contributed by atoms with van der Waals surface area (Å²) in [5, 5.41) is 3.56. The van der Waals surface area contributed by atoms with Gasteiger partial charge in [-0.1, -0.05) is 84.7 Å². The zero-order valence-corrected chi connectivity index (χ0v) is 23.6. The number of benzene rings is 3. The van der Waals surface area contributed by atoms with E-state index in [1.807, 2.05) is 37.3 Å². The predicted molar refractivity (Wildman–Crippen MR) is 153 cm³/mol. The van der Waals surface area contributed by atoms with Crippen LogP contribution in [-0.4, -0.2) is 50.5 Å². The fourth-order valence-electron chi connectivity index (χ4n) is 3.98. The fourth-order valence-corrected chi connectivity index (χ4v) is 5.35. The van der Waals surface area contributed by atoms with E-state index in [-0.39, 0.29) is 18.9 Å². The van der Waals surface area contributed by atoms with E-state index in [9.17, 15) is 18.0 Å². The van der Waals surface area contributed by atoms with E-state index in [1.54, 1.807) is 48.5 Å². The van der Waals surface area contributed by atoms with Crippen LogP contribution in [0.3, 0.4) is 0 Å². The van der Waals surface area contributed by atoms with Gasteiger partial charge < -0.3 is 10.2 Å². The van der Waals surface area contributed by atoms with Gasteiger partial charge in [-0.3, -0.25) is 13.9 Å². The molecule has 3 aromatic carbocycles. The zero-order valence-electron chi connectivity index (χ0n) is 21.3. The zero-order chi connectivity index (χ0) is 27.7. The Kier molecular flexibility index (Phi) is 10.6. The third-order valence-corrected chi connectivity index (χ3v) is 7.78. The van der Waals surface area contributed by atoms with Gasteiger partial charge in [0.2, 0.25) is 21.8 Å². The van der Waals surface area contributed by atoms with Crippen LogP contribution in [0.25, 0.3) is 0 Å². The normalized spacial score (nSPS) is 12.0. The van der Waals surface area contributed by atoms with Crippen LogP contribution in [0.4, 0.5) is 5.69 Å². The summed E-state index contributed by atoms with van der Waals surface area (Å²) >= 11 is 12.9. The van der Waals surface area contributed by atoms with Crippen molar-refractivity contribution in [2.24, 2.45) is 0 Å². The second kappa shape index (κ2) is 13.6. The average molecular weight is 577 g/mol. The molecule has 0 bridgehead atoms. The number of amides is 2. The van der Waals surface area contributed by atoms with Gasteiger partial charge in [0.25, 0.3) is 0 Å². The molecule has 10 heteroatoms. The molecule has 0 spiro atoms. The Morgan fingerprint density at radius 1 is 0.895 bits per heavy atom. The number of sulfonamides is 1. The number of halogens is 2. The highest BCUT2D eigenvalue weighted by atomic mass is 35.5. The summed E-state index contributed by atoms with van der Waals surface area (Å²) in [4.78, 5) is 28.8. The minimum absolute atomic E-state index is 0.0826. The van der Waals surface area contributed by atoms with Crippen molar-refractivity contribution in [3.8, 4) is 0 Å². The summed E-state index contributed by atoms with van der Waals surface area (Å²) in [6, 6.07) is 21.7. The van der Waals surface area contributed by atoms with E-state index in [0.29, 0.717) is 34.3 Å². The molecule has 2 amide bonds. The maximum absolute atomic E-state index is 14.0. The Morgan fingerprint density at radius 2 is 1.47 bits per heavy atom. The summed E-state index contributed by atoms with van der Waals surface area (Å²) in [5.41, 5.74) is 1.65. The molecular formula is C28H31Cl2N3O4S. The van der Waals surface area contributed by atoms with Gasteiger partial charge in [0, 0.05) is 35.1 Å². The van der Waals surface area contributed by atoms with Crippen LogP contribution in [0.2, 0.25) is 10.0 Å². The molecule has 0 aliphatic rings. The predicted octanol–water partition coefficient (Wildman–Crippen LogP) is 4.93. The summed E-state index contributed by atoms with van der Waals surface area (Å²) in [6.45, 7) is 1.78. The molecule has 0 saturated carbocycles. The SMILES string of the molecule is CCCNC(=O)C(Cc1ccccc1)N(Cc1c(Cl)cccc1Cl)C(=O)CN(c1ccccc1)S(C)(=O)=O. The second-order valence-corrected chi connectivity index (χ2v) is 11.5. The fraction of sp³-hybridized carbons (Fsp3) is 0.286. The third-order valence-electron chi connectivity index (χ3n) is 5.93. The van der Waals surface area contributed by atoms with Crippen LogP contribution in [-0.2, 0) is 32.6 Å². The Balaban J connectivity index is 2.07. The van der Waals surface area contributed by atoms with Crippen LogP contribution in [0.15, 0.2) is 78.9 Å². The number of nitrogens with one attached hydrogen (secondary N) is 1. The van der Waals surface area contributed by atoms with Crippen molar-refractivity contribution in [2.45, 2.75) is 32.4 Å². The summed E-state index contributed by atoms with van der Waals surface area (Å²) in [7, 11) is -3.82. The molecule has 0 heterocycles. The van der Waals surface area contributed by atoms with E-state index in [2.05, 4.69) is 5.32 Å². The number of anilines is 1. The lowest BCUT2D eigenvalue weighted by Crippen LogP contribution is -2.53. The van der Waals surface area contributed by atoms with Crippen LogP contribution in [0.1, 0.15) is 24.5 Å². The molecule has 1 unspecified atom stereocenters. The number of hydrogen-bond acceptors (Lipinski definition) is 4. The smallest absolute Gasteiger partial charge is 0.244 e. The van der Waals surface area contributed by atoms with Crippen molar-refractivity contribution in [2.75, 3.05) is 23.7 Å². The average Bonchev–Trinajstić information content (AvgIpc) is 2.89. The van der Waals surface area contributed by atoms with E-state index in [4.69, 9.17) is 23.2 Å². The van der Waals surface area contributed by atoms with Gasteiger partial charge in [0.05, 0.1) is 11.9 Å². The molecular weight excluding hydrogens is 545 g/mol. The van der Waals surface area contributed by atoms with Crippen molar-refractivity contribution >= 4 is 50.7 Å². The Bertz CT molecular complexity index is 1320. The molecule has 0 radical (unpaired) electrons.